The van der Waals surface area contributed by atoms with Crippen LogP contribution in [0.5, 0.6) is 17.2 Å². The predicted octanol–water partition coefficient (Wildman–Crippen LogP) is 6.29. The molecule has 2 heterocycles. The molecule has 1 atom stereocenters. The van der Waals surface area contributed by atoms with Crippen LogP contribution in [0.15, 0.2) is 52.3 Å². The van der Waals surface area contributed by atoms with Crippen molar-refractivity contribution < 1.29 is 28.5 Å². The molecule has 0 fully saturated rings. The van der Waals surface area contributed by atoms with Gasteiger partial charge in [0.2, 0.25) is 0 Å². The first-order valence-electron chi connectivity index (χ1n) is 10.8. The molecule has 2 aromatic carbocycles. The Morgan fingerprint density at radius 2 is 2.00 bits per heavy atom. The van der Waals surface area contributed by atoms with Gasteiger partial charge in [-0.2, -0.15) is 0 Å². The molecule has 8 heteroatoms. The lowest BCUT2D eigenvalue weighted by Crippen LogP contribution is -2.23. The van der Waals surface area contributed by atoms with E-state index >= 15 is 0 Å². The molecule has 7 nitrogen and oxygen atoms in total. The number of rotatable bonds is 8. The third-order valence-electron chi connectivity index (χ3n) is 5.29. The van der Waals surface area contributed by atoms with E-state index < -0.39 is 12.1 Å². The zero-order valence-electron chi connectivity index (χ0n) is 19.7. The fourth-order valence-electron chi connectivity index (χ4n) is 3.31. The predicted molar refractivity (Wildman–Crippen MR) is 131 cm³/mol. The summed E-state index contributed by atoms with van der Waals surface area (Å²) >= 11 is 1.56. The van der Waals surface area contributed by atoms with Crippen molar-refractivity contribution in [2.75, 3.05) is 7.11 Å². The van der Waals surface area contributed by atoms with Gasteiger partial charge in [0.25, 0.3) is 0 Å². The number of carbonyl (C=O) groups is 1. The minimum absolute atomic E-state index is 0.0211. The van der Waals surface area contributed by atoms with Crippen LogP contribution < -0.4 is 14.2 Å². The Bertz CT molecular complexity index is 1320. The van der Waals surface area contributed by atoms with Gasteiger partial charge in [0.1, 0.15) is 17.9 Å². The van der Waals surface area contributed by atoms with Crippen LogP contribution in [0.25, 0.3) is 21.7 Å². The molecule has 1 N–H and O–H groups in total. The molecule has 0 saturated heterocycles. The normalized spacial score (nSPS) is 12.5. The number of carboxylic acids is 1. The van der Waals surface area contributed by atoms with Gasteiger partial charge in [-0.1, -0.05) is 32.9 Å². The molecule has 0 bridgehead atoms. The van der Waals surface area contributed by atoms with Gasteiger partial charge in [0.15, 0.2) is 28.4 Å². The Hall–Kier alpha value is -3.52. The molecule has 34 heavy (non-hydrogen) atoms. The SMILES string of the molecule is COc1cccc(COc2ccc3oc(-c4nc(C(C)(C)C)cs4)cc3c2)c1O[C@H](C)C(=O)O. The van der Waals surface area contributed by atoms with E-state index in [-0.39, 0.29) is 12.0 Å². The number of hydrogen-bond donors (Lipinski definition) is 1. The van der Waals surface area contributed by atoms with Crippen molar-refractivity contribution in [1.29, 1.82) is 0 Å². The average Bonchev–Trinajstić information content (AvgIpc) is 3.45. The summed E-state index contributed by atoms with van der Waals surface area (Å²) < 4.78 is 23.0. The highest BCUT2D eigenvalue weighted by Crippen LogP contribution is 2.36. The van der Waals surface area contributed by atoms with Crippen molar-refractivity contribution >= 4 is 28.3 Å². The van der Waals surface area contributed by atoms with Crippen molar-refractivity contribution in [1.82, 2.24) is 4.98 Å². The van der Waals surface area contributed by atoms with Crippen LogP contribution in [0.2, 0.25) is 0 Å². The maximum absolute atomic E-state index is 11.3. The summed E-state index contributed by atoms with van der Waals surface area (Å²) in [5.41, 5.74) is 2.44. The molecule has 0 aliphatic heterocycles. The maximum Gasteiger partial charge on any atom is 0.344 e. The number of para-hydroxylation sites is 1. The molecular weight excluding hydrogens is 454 g/mol. The molecular formula is C26H27NO6S. The number of nitrogens with zero attached hydrogens (tertiary/aromatic N) is 1. The average molecular weight is 482 g/mol. The van der Waals surface area contributed by atoms with Gasteiger partial charge in [0, 0.05) is 21.7 Å². The highest BCUT2D eigenvalue weighted by atomic mass is 32.1. The molecule has 0 spiro atoms. The zero-order chi connectivity index (χ0) is 24.5. The quantitative estimate of drug-likeness (QED) is 0.316. The number of fused-ring (bicyclic) bond motifs is 1. The van der Waals surface area contributed by atoms with Crippen LogP contribution in [0.3, 0.4) is 0 Å². The maximum atomic E-state index is 11.3. The van der Waals surface area contributed by atoms with E-state index in [0.717, 1.165) is 27.4 Å². The van der Waals surface area contributed by atoms with E-state index in [1.54, 1.807) is 23.5 Å². The molecule has 0 radical (unpaired) electrons. The number of hydrogen-bond acceptors (Lipinski definition) is 7. The second-order valence-electron chi connectivity index (χ2n) is 8.93. The zero-order valence-corrected chi connectivity index (χ0v) is 20.6. The number of methoxy groups -OCH3 is 1. The molecule has 4 aromatic rings. The van der Waals surface area contributed by atoms with E-state index in [9.17, 15) is 9.90 Å². The summed E-state index contributed by atoms with van der Waals surface area (Å²) in [5, 5.41) is 13.0. The Morgan fingerprint density at radius 1 is 1.21 bits per heavy atom. The first kappa shape index (κ1) is 23.6. The minimum atomic E-state index is -1.06. The van der Waals surface area contributed by atoms with Gasteiger partial charge in [-0.3, -0.25) is 0 Å². The molecule has 0 unspecified atom stereocenters. The molecule has 0 amide bonds. The van der Waals surface area contributed by atoms with Gasteiger partial charge >= 0.3 is 5.97 Å². The largest absolute Gasteiger partial charge is 0.493 e. The molecule has 0 aliphatic rings. The van der Waals surface area contributed by atoms with Crippen LogP contribution in [0.1, 0.15) is 39.0 Å². The molecule has 0 saturated carbocycles. The Labute approximate surface area is 201 Å². The number of aliphatic carboxylic acids is 1. The van der Waals surface area contributed by atoms with Crippen molar-refractivity contribution in [3.8, 4) is 28.0 Å². The van der Waals surface area contributed by atoms with E-state index in [1.807, 2.05) is 30.3 Å². The lowest BCUT2D eigenvalue weighted by Gasteiger charge is -2.17. The van der Waals surface area contributed by atoms with Crippen LogP contribution in [-0.4, -0.2) is 29.3 Å². The number of thiazole rings is 1. The topological polar surface area (TPSA) is 91.0 Å². The highest BCUT2D eigenvalue weighted by Gasteiger charge is 2.20. The minimum Gasteiger partial charge on any atom is -0.493 e. The monoisotopic (exact) mass is 481 g/mol. The number of furan rings is 1. The Kier molecular flexibility index (Phi) is 6.52. The number of ether oxygens (including phenoxy) is 3. The number of aromatic nitrogens is 1. The smallest absolute Gasteiger partial charge is 0.344 e. The van der Waals surface area contributed by atoms with Gasteiger partial charge in [-0.05, 0) is 37.3 Å². The molecule has 2 aromatic heterocycles. The van der Waals surface area contributed by atoms with Crippen LogP contribution in [0.4, 0.5) is 0 Å². The summed E-state index contributed by atoms with van der Waals surface area (Å²) in [6.45, 7) is 8.05. The first-order valence-corrected chi connectivity index (χ1v) is 11.7. The summed E-state index contributed by atoms with van der Waals surface area (Å²) in [7, 11) is 1.51. The third-order valence-corrected chi connectivity index (χ3v) is 6.15. The Morgan fingerprint density at radius 3 is 2.68 bits per heavy atom. The summed E-state index contributed by atoms with van der Waals surface area (Å²) in [5.74, 6) is 1.11. The number of benzene rings is 2. The first-order chi connectivity index (χ1) is 16.2. The van der Waals surface area contributed by atoms with Crippen LogP contribution in [0, 0.1) is 0 Å². The van der Waals surface area contributed by atoms with E-state index in [2.05, 4.69) is 26.2 Å². The van der Waals surface area contributed by atoms with Crippen LogP contribution >= 0.6 is 11.3 Å². The third kappa shape index (κ3) is 5.02. The van der Waals surface area contributed by atoms with Gasteiger partial charge in [0.05, 0.1) is 12.8 Å². The number of carboxylic acid groups (broad SMARTS) is 1. The van der Waals surface area contributed by atoms with E-state index in [1.165, 1.54) is 14.0 Å². The van der Waals surface area contributed by atoms with Gasteiger partial charge in [-0.15, -0.1) is 11.3 Å². The molecule has 0 aliphatic carbocycles. The second kappa shape index (κ2) is 9.38. The Balaban J connectivity index is 1.55. The van der Waals surface area contributed by atoms with Gasteiger partial charge in [-0.25, -0.2) is 9.78 Å². The van der Waals surface area contributed by atoms with E-state index in [4.69, 9.17) is 23.6 Å². The van der Waals surface area contributed by atoms with Crippen molar-refractivity contribution in [2.24, 2.45) is 0 Å². The molecule has 178 valence electrons. The second-order valence-corrected chi connectivity index (χ2v) is 9.79. The lowest BCUT2D eigenvalue weighted by atomic mass is 9.93. The molecule has 4 rings (SSSR count). The highest BCUT2D eigenvalue weighted by molar-refractivity contribution is 7.13. The lowest BCUT2D eigenvalue weighted by molar-refractivity contribution is -0.144. The van der Waals surface area contributed by atoms with Gasteiger partial charge < -0.3 is 23.7 Å². The van der Waals surface area contributed by atoms with E-state index in [0.29, 0.717) is 22.8 Å². The summed E-state index contributed by atoms with van der Waals surface area (Å²) in [4.78, 5) is 16.0. The van der Waals surface area contributed by atoms with Crippen molar-refractivity contribution in [3.63, 3.8) is 0 Å². The van der Waals surface area contributed by atoms with Crippen molar-refractivity contribution in [2.45, 2.75) is 45.8 Å². The van der Waals surface area contributed by atoms with Crippen LogP contribution in [-0.2, 0) is 16.8 Å². The summed E-state index contributed by atoms with van der Waals surface area (Å²) in [6, 6.07) is 12.9. The summed E-state index contributed by atoms with van der Waals surface area (Å²) in [6.07, 6.45) is -1.03. The fraction of sp³-hybridized carbons (Fsp3) is 0.308. The fourth-order valence-corrected chi connectivity index (χ4v) is 4.30. The standard InChI is InChI=1S/C26H27NO6S/c1-15(25(28)29)32-23-16(7-6-8-20(23)30-5)13-31-18-9-10-19-17(11-18)12-21(33-19)24-27-22(14-34-24)26(2,3)4/h6-12,14-15H,13H2,1-5H3,(H,28,29)/t15-/m1/s1. The van der Waals surface area contributed by atoms with Crippen molar-refractivity contribution in [3.05, 3.63) is 59.1 Å².